The molecule has 0 spiro atoms. The van der Waals surface area contributed by atoms with Crippen LogP contribution >= 0.6 is 11.3 Å². The monoisotopic (exact) mass is 555 g/mol. The van der Waals surface area contributed by atoms with Gasteiger partial charge in [-0.25, -0.2) is 9.97 Å². The number of aryl methyl sites for hydroxylation is 1. The molecular weight excluding hydrogens is 526 g/mol. The fraction of sp³-hybridized carbons (Fsp3) is 0.333. The Bertz CT molecular complexity index is 1540. The van der Waals surface area contributed by atoms with Crippen LogP contribution in [-0.2, 0) is 14.3 Å². The van der Waals surface area contributed by atoms with Crippen molar-refractivity contribution in [2.75, 3.05) is 31.2 Å². The first kappa shape index (κ1) is 26.2. The van der Waals surface area contributed by atoms with Crippen molar-refractivity contribution in [2.24, 2.45) is 0 Å². The molecule has 1 aliphatic rings. The summed E-state index contributed by atoms with van der Waals surface area (Å²) in [5.74, 6) is 0.741. The van der Waals surface area contributed by atoms with Crippen LogP contribution in [0.1, 0.15) is 42.0 Å². The van der Waals surface area contributed by atoms with Crippen molar-refractivity contribution in [3.05, 3.63) is 58.9 Å². The first-order valence-electron chi connectivity index (χ1n) is 12.5. The van der Waals surface area contributed by atoms with Crippen LogP contribution in [-0.4, -0.2) is 49.8 Å². The minimum atomic E-state index is -4.05. The quantitative estimate of drug-likeness (QED) is 0.196. The Morgan fingerprint density at radius 2 is 1.95 bits per heavy atom. The summed E-state index contributed by atoms with van der Waals surface area (Å²) in [7, 11) is -4.05. The first-order valence-corrected chi connectivity index (χ1v) is 14.7. The average molecular weight is 556 g/mol. The molecule has 0 saturated carbocycles. The van der Waals surface area contributed by atoms with Crippen LogP contribution in [0.5, 0.6) is 11.5 Å². The molecule has 4 aromatic rings. The van der Waals surface area contributed by atoms with Gasteiger partial charge in [0.1, 0.15) is 21.9 Å². The van der Waals surface area contributed by atoms with Crippen molar-refractivity contribution in [3.63, 3.8) is 0 Å². The number of oxazole rings is 1. The number of ether oxygens (including phenoxy) is 1. The lowest BCUT2D eigenvalue weighted by molar-refractivity contribution is 0.250. The van der Waals surface area contributed by atoms with Crippen molar-refractivity contribution in [1.82, 2.24) is 9.97 Å². The van der Waals surface area contributed by atoms with Gasteiger partial charge in [0.2, 0.25) is 5.89 Å². The van der Waals surface area contributed by atoms with E-state index < -0.39 is 10.1 Å². The number of fused-ring (bicyclic) bond motifs is 1. The zero-order chi connectivity index (χ0) is 26.5. The number of aromatic hydroxyl groups is 1. The van der Waals surface area contributed by atoms with E-state index in [9.17, 15) is 13.5 Å². The number of hydrogen-bond acceptors (Lipinski definition) is 10. The van der Waals surface area contributed by atoms with E-state index in [2.05, 4.69) is 14.9 Å². The number of piperidine rings is 1. The van der Waals surface area contributed by atoms with Gasteiger partial charge in [0.25, 0.3) is 0 Å². The summed E-state index contributed by atoms with van der Waals surface area (Å²) in [6.45, 7) is 4.06. The van der Waals surface area contributed by atoms with E-state index in [0.29, 0.717) is 29.2 Å². The maximum absolute atomic E-state index is 12.3. The third-order valence-corrected chi connectivity index (χ3v) is 8.47. The predicted octanol–water partition coefficient (Wildman–Crippen LogP) is 5.63. The molecule has 0 atom stereocenters. The van der Waals surface area contributed by atoms with Gasteiger partial charge < -0.3 is 19.2 Å². The Hall–Kier alpha value is -3.41. The van der Waals surface area contributed by atoms with Gasteiger partial charge in [-0.1, -0.05) is 17.4 Å². The van der Waals surface area contributed by atoms with Crippen LogP contribution in [0.3, 0.4) is 0 Å². The van der Waals surface area contributed by atoms with E-state index in [1.807, 2.05) is 24.4 Å². The largest absolute Gasteiger partial charge is 0.506 e. The normalized spacial score (nSPS) is 14.5. The Kier molecular flexibility index (Phi) is 7.96. The maximum atomic E-state index is 12.3. The Labute approximate surface area is 225 Å². The van der Waals surface area contributed by atoms with Gasteiger partial charge in [0, 0.05) is 42.7 Å². The lowest BCUT2D eigenvalue weighted by Crippen LogP contribution is -2.29. The molecule has 0 unspecified atom stereocenters. The van der Waals surface area contributed by atoms with E-state index in [1.165, 1.54) is 31.4 Å². The standard InChI is InChI=1S/C27H29N3O6S2/c1-19-6-10-25(23(31)16-19)38(32,33)35-15-5-14-34-20-7-9-22-24(17-20)36-26(29-22)11-8-21-18-28-27(37-21)30-12-3-2-4-13-30/h6-11,16-18,31H,2-5,12-15H2,1H3/b11-8+. The van der Waals surface area contributed by atoms with Crippen LogP contribution < -0.4 is 9.64 Å². The topological polar surface area (TPSA) is 115 Å². The predicted molar refractivity (Wildman–Crippen MR) is 147 cm³/mol. The number of phenols is 1. The summed E-state index contributed by atoms with van der Waals surface area (Å²) in [4.78, 5) is 12.2. The van der Waals surface area contributed by atoms with Crippen molar-refractivity contribution in [3.8, 4) is 11.5 Å². The van der Waals surface area contributed by atoms with E-state index in [1.54, 1.807) is 36.5 Å². The summed E-state index contributed by atoms with van der Waals surface area (Å²) < 4.78 is 41.3. The molecule has 11 heteroatoms. The molecule has 0 amide bonds. The Morgan fingerprint density at radius 1 is 1.11 bits per heavy atom. The zero-order valence-corrected chi connectivity index (χ0v) is 22.6. The summed E-state index contributed by atoms with van der Waals surface area (Å²) in [5.41, 5.74) is 2.06. The number of rotatable bonds is 10. The minimum Gasteiger partial charge on any atom is -0.506 e. The van der Waals surface area contributed by atoms with Crippen molar-refractivity contribution in [2.45, 2.75) is 37.5 Å². The molecule has 2 aromatic carbocycles. The van der Waals surface area contributed by atoms with Crippen molar-refractivity contribution < 1.29 is 26.9 Å². The van der Waals surface area contributed by atoms with Gasteiger partial charge in [-0.15, -0.1) is 0 Å². The fourth-order valence-electron chi connectivity index (χ4n) is 4.14. The molecule has 0 radical (unpaired) electrons. The van der Waals surface area contributed by atoms with Gasteiger partial charge in [0.15, 0.2) is 10.7 Å². The highest BCUT2D eigenvalue weighted by molar-refractivity contribution is 7.86. The summed E-state index contributed by atoms with van der Waals surface area (Å²) in [6, 6.07) is 9.67. The highest BCUT2D eigenvalue weighted by atomic mass is 32.2. The SMILES string of the molecule is Cc1ccc(S(=O)(=O)OCCCOc2ccc3nc(/C=C/c4cnc(N5CCCCC5)s4)oc3c2)c(O)c1. The molecule has 0 aliphatic carbocycles. The number of nitrogens with zero attached hydrogens (tertiary/aromatic N) is 3. The van der Waals surface area contributed by atoms with Gasteiger partial charge >= 0.3 is 10.1 Å². The third-order valence-electron chi connectivity index (χ3n) is 6.08. The van der Waals surface area contributed by atoms with Crippen LogP contribution in [0.4, 0.5) is 5.13 Å². The molecular formula is C27H29N3O6S2. The molecule has 3 heterocycles. The van der Waals surface area contributed by atoms with Gasteiger partial charge in [-0.05, 0) is 62.1 Å². The van der Waals surface area contributed by atoms with Gasteiger partial charge in [-0.2, -0.15) is 8.42 Å². The van der Waals surface area contributed by atoms with E-state index >= 15 is 0 Å². The lowest BCUT2D eigenvalue weighted by Gasteiger charge is -2.25. The third kappa shape index (κ3) is 6.35. The van der Waals surface area contributed by atoms with Gasteiger partial charge in [-0.3, -0.25) is 4.18 Å². The van der Waals surface area contributed by atoms with Crippen molar-refractivity contribution in [1.29, 1.82) is 0 Å². The van der Waals surface area contributed by atoms with Crippen LogP contribution in [0.25, 0.3) is 23.3 Å². The number of aromatic nitrogens is 2. The Morgan fingerprint density at radius 3 is 2.76 bits per heavy atom. The molecule has 2 aromatic heterocycles. The lowest BCUT2D eigenvalue weighted by atomic mass is 10.1. The van der Waals surface area contributed by atoms with Crippen LogP contribution in [0.15, 0.2) is 51.9 Å². The van der Waals surface area contributed by atoms with E-state index in [0.717, 1.165) is 28.7 Å². The molecule has 1 saturated heterocycles. The molecule has 1 fully saturated rings. The number of thiazole rings is 1. The summed E-state index contributed by atoms with van der Waals surface area (Å²) in [5, 5.41) is 11.0. The zero-order valence-electron chi connectivity index (χ0n) is 21.0. The highest BCUT2D eigenvalue weighted by Gasteiger charge is 2.19. The second kappa shape index (κ2) is 11.5. The summed E-state index contributed by atoms with van der Waals surface area (Å²) in [6.07, 6.45) is 9.72. The van der Waals surface area contributed by atoms with Crippen LogP contribution in [0.2, 0.25) is 0 Å². The van der Waals surface area contributed by atoms with E-state index in [-0.39, 0.29) is 23.9 Å². The van der Waals surface area contributed by atoms with E-state index in [4.69, 9.17) is 13.3 Å². The number of phenolic OH excluding ortho intramolecular Hbond substituents is 1. The first-order chi connectivity index (χ1) is 18.4. The smallest absolute Gasteiger partial charge is 0.300 e. The molecule has 1 aliphatic heterocycles. The number of hydrogen-bond donors (Lipinski definition) is 1. The second-order valence-corrected chi connectivity index (χ2v) is 11.7. The Balaban J connectivity index is 1.12. The maximum Gasteiger partial charge on any atom is 0.300 e. The fourth-order valence-corrected chi connectivity index (χ4v) is 6.03. The number of benzene rings is 2. The number of anilines is 1. The second-order valence-electron chi connectivity index (χ2n) is 9.06. The van der Waals surface area contributed by atoms with Gasteiger partial charge in [0.05, 0.1) is 13.2 Å². The van der Waals surface area contributed by atoms with Crippen LogP contribution in [0, 0.1) is 6.92 Å². The van der Waals surface area contributed by atoms with Crippen molar-refractivity contribution >= 4 is 49.8 Å². The molecule has 38 heavy (non-hydrogen) atoms. The molecule has 1 N–H and O–H groups in total. The molecule has 200 valence electrons. The average Bonchev–Trinajstić information content (AvgIpc) is 3.54. The highest BCUT2D eigenvalue weighted by Crippen LogP contribution is 2.28. The minimum absolute atomic E-state index is 0.0772. The molecule has 0 bridgehead atoms. The molecule has 9 nitrogen and oxygen atoms in total. The summed E-state index contributed by atoms with van der Waals surface area (Å²) >= 11 is 1.66. The molecule has 5 rings (SSSR count).